The molecule has 154 valence electrons. The highest BCUT2D eigenvalue weighted by Gasteiger charge is 2.53. The van der Waals surface area contributed by atoms with Crippen LogP contribution in [0.1, 0.15) is 31.6 Å². The van der Waals surface area contributed by atoms with E-state index in [0.29, 0.717) is 9.91 Å². The van der Waals surface area contributed by atoms with Crippen molar-refractivity contribution in [3.05, 3.63) is 44.3 Å². The van der Waals surface area contributed by atoms with Gasteiger partial charge in [0.05, 0.1) is 33.8 Å². The molecule has 3 rings (SSSR count). The largest absolute Gasteiger partial charge is 0.444 e. The van der Waals surface area contributed by atoms with E-state index >= 15 is 0 Å². The Hall–Kier alpha value is -2.99. The monoisotopic (exact) mass is 441 g/mol. The number of ether oxygens (including phenoxy) is 1. The van der Waals surface area contributed by atoms with E-state index in [1.165, 1.54) is 16.2 Å². The van der Waals surface area contributed by atoms with Crippen LogP contribution in [0.4, 0.5) is 4.79 Å². The van der Waals surface area contributed by atoms with Crippen molar-refractivity contribution in [3.63, 3.8) is 0 Å². The lowest BCUT2D eigenvalue weighted by Gasteiger charge is -2.44. The molecule has 1 aromatic heterocycles. The summed E-state index contributed by atoms with van der Waals surface area (Å²) in [7, 11) is 0. The topological polar surface area (TPSA) is 127 Å². The first-order valence-corrected chi connectivity index (χ1v) is 10.4. The maximum atomic E-state index is 12.7. The van der Waals surface area contributed by atoms with Crippen LogP contribution >= 0.6 is 22.9 Å². The first kappa shape index (κ1) is 21.7. The molecule has 1 aliphatic heterocycles. The third-order valence-corrected chi connectivity index (χ3v) is 6.51. The van der Waals surface area contributed by atoms with Gasteiger partial charge in [0.15, 0.2) is 0 Å². The summed E-state index contributed by atoms with van der Waals surface area (Å²) in [5, 5.41) is 29.7. The van der Waals surface area contributed by atoms with Gasteiger partial charge in [-0.05, 0) is 38.5 Å². The minimum atomic E-state index is -1.74. The van der Waals surface area contributed by atoms with E-state index in [1.54, 1.807) is 39.0 Å². The Balaban J connectivity index is 2.16. The normalized spacial score (nSPS) is 22.8. The first-order valence-electron chi connectivity index (χ1n) is 9.24. The van der Waals surface area contributed by atoms with E-state index in [9.17, 15) is 20.6 Å². The number of carbonyl (C=O) groups is 1. The van der Waals surface area contributed by atoms with E-state index in [-0.39, 0.29) is 24.4 Å². The van der Waals surface area contributed by atoms with Crippen molar-refractivity contribution in [1.29, 1.82) is 15.8 Å². The molecule has 0 aromatic carbocycles. The SMILES string of the molecule is CC(C)(C)OC(=O)N1CC=C2[C@@H](C1)[C@H](c1ccc(Cl)s1)C(C#N)=C(N)C2(C#N)C#N. The molecule has 0 unspecified atom stereocenters. The van der Waals surface area contributed by atoms with Crippen molar-refractivity contribution in [2.24, 2.45) is 17.1 Å². The standard InChI is InChI=1S/C21H20ClN5O2S/c1-20(2,3)29-19(28)27-7-6-14-13(9-27)17(15-4-5-16(22)30-15)12(8-23)18(26)21(14,10-24)11-25/h4-6,13,17H,7,9,26H2,1-3H3/t13-,17-/m1/s1. The van der Waals surface area contributed by atoms with Gasteiger partial charge >= 0.3 is 6.09 Å². The molecule has 0 spiro atoms. The molecule has 9 heteroatoms. The molecule has 0 saturated carbocycles. The van der Waals surface area contributed by atoms with Crippen LogP contribution in [0.25, 0.3) is 0 Å². The van der Waals surface area contributed by atoms with Crippen LogP contribution in [-0.4, -0.2) is 29.7 Å². The number of nitrogens with zero attached hydrogens (tertiary/aromatic N) is 4. The lowest BCUT2D eigenvalue weighted by Crippen LogP contribution is -2.49. The number of hydrogen-bond donors (Lipinski definition) is 1. The Morgan fingerprint density at radius 1 is 1.33 bits per heavy atom. The third kappa shape index (κ3) is 3.52. The summed E-state index contributed by atoms with van der Waals surface area (Å²) < 4.78 is 6.03. The van der Waals surface area contributed by atoms with Crippen molar-refractivity contribution < 1.29 is 9.53 Å². The van der Waals surface area contributed by atoms with Gasteiger partial charge in [-0.25, -0.2) is 4.79 Å². The Morgan fingerprint density at radius 3 is 2.50 bits per heavy atom. The van der Waals surface area contributed by atoms with Gasteiger partial charge in [0, 0.05) is 29.8 Å². The summed E-state index contributed by atoms with van der Waals surface area (Å²) in [6.45, 7) is 5.70. The van der Waals surface area contributed by atoms with Gasteiger partial charge in [-0.1, -0.05) is 17.7 Å². The smallest absolute Gasteiger partial charge is 0.410 e. The number of nitriles is 3. The van der Waals surface area contributed by atoms with Crippen molar-refractivity contribution in [1.82, 2.24) is 4.90 Å². The predicted molar refractivity (Wildman–Crippen MR) is 112 cm³/mol. The Labute approximate surface area is 184 Å². The average molecular weight is 442 g/mol. The number of fused-ring (bicyclic) bond motifs is 1. The number of thiophene rings is 1. The lowest BCUT2D eigenvalue weighted by atomic mass is 9.61. The number of carbonyl (C=O) groups excluding carboxylic acids is 1. The number of rotatable bonds is 1. The molecule has 2 aliphatic rings. The van der Waals surface area contributed by atoms with Gasteiger partial charge in [0.2, 0.25) is 5.41 Å². The van der Waals surface area contributed by atoms with E-state index < -0.39 is 28.9 Å². The summed E-state index contributed by atoms with van der Waals surface area (Å²) in [6.07, 6.45) is 1.19. The van der Waals surface area contributed by atoms with Crippen LogP contribution in [0.5, 0.6) is 0 Å². The summed E-state index contributed by atoms with van der Waals surface area (Å²) in [6, 6.07) is 9.67. The predicted octanol–water partition coefficient (Wildman–Crippen LogP) is 4.06. The van der Waals surface area contributed by atoms with Crippen molar-refractivity contribution >= 4 is 29.0 Å². The van der Waals surface area contributed by atoms with Crippen molar-refractivity contribution in [2.75, 3.05) is 13.1 Å². The van der Waals surface area contributed by atoms with E-state index in [1.807, 2.05) is 12.1 Å². The average Bonchev–Trinajstić information content (AvgIpc) is 3.11. The van der Waals surface area contributed by atoms with Gasteiger partial charge in [0.25, 0.3) is 0 Å². The van der Waals surface area contributed by atoms with Gasteiger partial charge in [-0.2, -0.15) is 15.8 Å². The molecule has 1 aliphatic carbocycles. The highest BCUT2D eigenvalue weighted by Crippen LogP contribution is 2.54. The summed E-state index contributed by atoms with van der Waals surface area (Å²) in [4.78, 5) is 15.0. The number of nitrogens with two attached hydrogens (primary N) is 1. The molecule has 0 radical (unpaired) electrons. The zero-order valence-corrected chi connectivity index (χ0v) is 18.3. The molecule has 1 amide bonds. The maximum absolute atomic E-state index is 12.7. The fraction of sp³-hybridized carbons (Fsp3) is 0.429. The molecule has 2 atom stereocenters. The Kier molecular flexibility index (Phi) is 5.56. The van der Waals surface area contributed by atoms with Crippen LogP contribution in [0.2, 0.25) is 4.34 Å². The molecule has 2 heterocycles. The summed E-state index contributed by atoms with van der Waals surface area (Å²) in [5.74, 6) is -0.999. The molecule has 0 bridgehead atoms. The van der Waals surface area contributed by atoms with Gasteiger partial charge in [-0.3, -0.25) is 0 Å². The summed E-state index contributed by atoms with van der Waals surface area (Å²) >= 11 is 7.43. The van der Waals surface area contributed by atoms with Gasteiger partial charge < -0.3 is 15.4 Å². The van der Waals surface area contributed by atoms with Crippen LogP contribution in [0, 0.1) is 45.3 Å². The van der Waals surface area contributed by atoms with Crippen LogP contribution < -0.4 is 5.73 Å². The van der Waals surface area contributed by atoms with E-state index in [0.717, 1.165) is 4.88 Å². The Morgan fingerprint density at radius 2 is 2.00 bits per heavy atom. The second kappa shape index (κ2) is 7.69. The zero-order valence-electron chi connectivity index (χ0n) is 16.8. The number of halogens is 1. The molecule has 0 saturated heterocycles. The quantitative estimate of drug-likeness (QED) is 0.654. The minimum absolute atomic E-state index is 0.0576. The number of allylic oxidation sites excluding steroid dienone is 2. The maximum Gasteiger partial charge on any atom is 0.410 e. The fourth-order valence-electron chi connectivity index (χ4n) is 3.93. The van der Waals surface area contributed by atoms with Crippen LogP contribution in [-0.2, 0) is 4.74 Å². The van der Waals surface area contributed by atoms with E-state index in [2.05, 4.69) is 6.07 Å². The van der Waals surface area contributed by atoms with Gasteiger partial charge in [-0.15, -0.1) is 11.3 Å². The highest BCUT2D eigenvalue weighted by molar-refractivity contribution is 7.16. The molecule has 30 heavy (non-hydrogen) atoms. The number of hydrogen-bond acceptors (Lipinski definition) is 7. The van der Waals surface area contributed by atoms with Crippen molar-refractivity contribution in [3.8, 4) is 18.2 Å². The minimum Gasteiger partial charge on any atom is -0.444 e. The second-order valence-corrected chi connectivity index (χ2v) is 9.93. The fourth-order valence-corrected chi connectivity index (χ4v) is 5.17. The molecule has 2 N–H and O–H groups in total. The summed E-state index contributed by atoms with van der Waals surface area (Å²) in [5.41, 5.74) is 4.45. The zero-order chi connectivity index (χ0) is 22.3. The molecule has 1 aromatic rings. The Bertz CT molecular complexity index is 1060. The van der Waals surface area contributed by atoms with Crippen LogP contribution in [0.15, 0.2) is 35.1 Å². The highest BCUT2D eigenvalue weighted by atomic mass is 35.5. The van der Waals surface area contributed by atoms with Crippen molar-refractivity contribution in [2.45, 2.75) is 32.3 Å². The molecule has 0 fully saturated rings. The molecule has 7 nitrogen and oxygen atoms in total. The van der Waals surface area contributed by atoms with E-state index in [4.69, 9.17) is 22.1 Å². The van der Waals surface area contributed by atoms with Gasteiger partial charge in [0.1, 0.15) is 5.60 Å². The number of amides is 1. The molecular formula is C21H20ClN5O2S. The third-order valence-electron chi connectivity index (χ3n) is 5.20. The van der Waals surface area contributed by atoms with Crippen LogP contribution in [0.3, 0.4) is 0 Å². The lowest BCUT2D eigenvalue weighted by molar-refractivity contribution is 0.0230. The molecular weight excluding hydrogens is 422 g/mol. The first-order chi connectivity index (χ1) is 14.1. The second-order valence-electron chi connectivity index (χ2n) is 8.18.